The van der Waals surface area contributed by atoms with Crippen molar-refractivity contribution in [2.45, 2.75) is 24.8 Å². The third-order valence-corrected chi connectivity index (χ3v) is 5.22. The predicted molar refractivity (Wildman–Crippen MR) is 79.6 cm³/mol. The predicted octanol–water partition coefficient (Wildman–Crippen LogP) is 3.15. The normalized spacial score (nSPS) is 13.3. The third kappa shape index (κ3) is 3.82. The SMILES string of the molecule is C#CC(NS(=O)(=O)c1ccc(Br)cc1Br)C(C)C. The van der Waals surface area contributed by atoms with Gasteiger partial charge in [-0.1, -0.05) is 35.7 Å². The fourth-order valence-corrected chi connectivity index (χ4v) is 4.34. The molecule has 1 unspecified atom stereocenters. The van der Waals surface area contributed by atoms with E-state index in [9.17, 15) is 8.42 Å². The lowest BCUT2D eigenvalue weighted by molar-refractivity contribution is 0.518. The summed E-state index contributed by atoms with van der Waals surface area (Å²) in [6, 6.07) is 4.34. The van der Waals surface area contributed by atoms with Crippen molar-refractivity contribution in [2.24, 2.45) is 5.92 Å². The van der Waals surface area contributed by atoms with Gasteiger partial charge in [0.25, 0.3) is 0 Å². The smallest absolute Gasteiger partial charge is 0.207 e. The summed E-state index contributed by atoms with van der Waals surface area (Å²) in [7, 11) is -3.62. The lowest BCUT2D eigenvalue weighted by Gasteiger charge is -2.17. The van der Waals surface area contributed by atoms with E-state index in [2.05, 4.69) is 42.5 Å². The molecule has 98 valence electrons. The van der Waals surface area contributed by atoms with Gasteiger partial charge in [0.05, 0.1) is 10.9 Å². The van der Waals surface area contributed by atoms with Crippen LogP contribution in [0.2, 0.25) is 0 Å². The standard InChI is InChI=1S/C12H13Br2NO2S/c1-4-11(8(2)3)15-18(16,17)12-6-5-9(13)7-10(12)14/h1,5-8,11,15H,2-3H3. The van der Waals surface area contributed by atoms with Gasteiger partial charge in [0.1, 0.15) is 0 Å². The number of nitrogens with one attached hydrogen (secondary N) is 1. The lowest BCUT2D eigenvalue weighted by Crippen LogP contribution is -2.37. The summed E-state index contributed by atoms with van der Waals surface area (Å²) in [5.74, 6) is 2.47. The highest BCUT2D eigenvalue weighted by Gasteiger charge is 2.22. The molecule has 0 amide bonds. The summed E-state index contributed by atoms with van der Waals surface area (Å²) in [5.41, 5.74) is 0. The maximum atomic E-state index is 12.2. The molecule has 0 bridgehead atoms. The molecule has 0 saturated heterocycles. The second-order valence-electron chi connectivity index (χ2n) is 4.08. The van der Waals surface area contributed by atoms with Crippen LogP contribution in [0, 0.1) is 18.3 Å². The number of halogens is 2. The molecule has 1 aromatic carbocycles. The van der Waals surface area contributed by atoms with E-state index in [1.807, 2.05) is 13.8 Å². The average molecular weight is 395 g/mol. The Labute approximate surface area is 125 Å². The van der Waals surface area contributed by atoms with Crippen LogP contribution < -0.4 is 4.72 Å². The van der Waals surface area contributed by atoms with Crippen LogP contribution in [0.3, 0.4) is 0 Å². The molecular weight excluding hydrogens is 382 g/mol. The summed E-state index contributed by atoms with van der Waals surface area (Å²) in [6.45, 7) is 3.73. The van der Waals surface area contributed by atoms with E-state index >= 15 is 0 Å². The second-order valence-corrected chi connectivity index (χ2v) is 7.54. The summed E-state index contributed by atoms with van der Waals surface area (Å²) in [5, 5.41) is 0. The molecule has 0 spiro atoms. The fraction of sp³-hybridized carbons (Fsp3) is 0.333. The highest BCUT2D eigenvalue weighted by atomic mass is 79.9. The van der Waals surface area contributed by atoms with Gasteiger partial charge in [-0.25, -0.2) is 8.42 Å². The van der Waals surface area contributed by atoms with Crippen LogP contribution in [-0.4, -0.2) is 14.5 Å². The van der Waals surface area contributed by atoms with Crippen LogP contribution in [0.5, 0.6) is 0 Å². The Bertz CT molecular complexity index is 576. The third-order valence-electron chi connectivity index (χ3n) is 2.31. The van der Waals surface area contributed by atoms with Crippen molar-refractivity contribution in [1.82, 2.24) is 4.72 Å². The van der Waals surface area contributed by atoms with Crippen LogP contribution in [0.1, 0.15) is 13.8 Å². The monoisotopic (exact) mass is 393 g/mol. The van der Waals surface area contributed by atoms with E-state index in [0.717, 1.165) is 4.47 Å². The Kier molecular flexibility index (Phi) is 5.41. The molecule has 0 aliphatic carbocycles. The summed E-state index contributed by atoms with van der Waals surface area (Å²) in [4.78, 5) is 0.173. The zero-order valence-corrected chi connectivity index (χ0v) is 13.9. The Morgan fingerprint density at radius 2 is 1.94 bits per heavy atom. The highest BCUT2D eigenvalue weighted by molar-refractivity contribution is 9.11. The molecule has 0 aliphatic rings. The summed E-state index contributed by atoms with van der Waals surface area (Å²) >= 11 is 6.50. The van der Waals surface area contributed by atoms with Crippen LogP contribution in [0.4, 0.5) is 0 Å². The van der Waals surface area contributed by atoms with Gasteiger partial charge in [-0.05, 0) is 40.0 Å². The quantitative estimate of drug-likeness (QED) is 0.797. The molecule has 1 aromatic rings. The Morgan fingerprint density at radius 1 is 1.33 bits per heavy atom. The highest BCUT2D eigenvalue weighted by Crippen LogP contribution is 2.26. The van der Waals surface area contributed by atoms with Gasteiger partial charge in [0.2, 0.25) is 10.0 Å². The van der Waals surface area contributed by atoms with Gasteiger partial charge >= 0.3 is 0 Å². The van der Waals surface area contributed by atoms with Crippen LogP contribution in [0.25, 0.3) is 0 Å². The average Bonchev–Trinajstić information content (AvgIpc) is 2.24. The number of sulfonamides is 1. The largest absolute Gasteiger partial charge is 0.242 e. The van der Waals surface area contributed by atoms with Gasteiger partial charge in [-0.2, -0.15) is 4.72 Å². The van der Waals surface area contributed by atoms with E-state index in [1.165, 1.54) is 6.07 Å². The molecule has 0 fully saturated rings. The van der Waals surface area contributed by atoms with Crippen LogP contribution in [0.15, 0.2) is 32.0 Å². The minimum atomic E-state index is -3.62. The first-order valence-corrected chi connectivity index (χ1v) is 8.28. The second kappa shape index (κ2) is 6.20. The lowest BCUT2D eigenvalue weighted by atomic mass is 10.1. The minimum Gasteiger partial charge on any atom is -0.207 e. The first-order chi connectivity index (χ1) is 8.27. The Balaban J connectivity index is 3.11. The summed E-state index contributed by atoms with van der Waals surface area (Å²) in [6.07, 6.45) is 5.32. The molecule has 0 aromatic heterocycles. The Morgan fingerprint density at radius 3 is 2.39 bits per heavy atom. The van der Waals surface area contributed by atoms with Crippen LogP contribution in [-0.2, 0) is 10.0 Å². The first kappa shape index (κ1) is 15.7. The van der Waals surface area contributed by atoms with E-state index in [4.69, 9.17) is 6.42 Å². The molecule has 0 heterocycles. The molecule has 0 aliphatic heterocycles. The zero-order chi connectivity index (χ0) is 13.9. The summed E-state index contributed by atoms with van der Waals surface area (Å²) < 4.78 is 28.2. The van der Waals surface area contributed by atoms with Gasteiger partial charge in [0, 0.05) is 8.95 Å². The minimum absolute atomic E-state index is 0.0269. The molecule has 1 atom stereocenters. The van der Waals surface area contributed by atoms with Gasteiger partial charge in [-0.3, -0.25) is 0 Å². The molecule has 18 heavy (non-hydrogen) atoms. The van der Waals surface area contributed by atoms with Gasteiger partial charge in [-0.15, -0.1) is 6.42 Å². The zero-order valence-electron chi connectivity index (χ0n) is 9.94. The number of rotatable bonds is 4. The molecular formula is C12H13Br2NO2S. The van der Waals surface area contributed by atoms with Crippen molar-refractivity contribution in [3.8, 4) is 12.3 Å². The van der Waals surface area contributed by atoms with Crippen molar-refractivity contribution in [3.05, 3.63) is 27.1 Å². The van der Waals surface area contributed by atoms with Crippen molar-refractivity contribution in [1.29, 1.82) is 0 Å². The number of terminal acetylenes is 1. The Hall–Kier alpha value is -0.350. The van der Waals surface area contributed by atoms with E-state index < -0.39 is 16.1 Å². The molecule has 6 heteroatoms. The molecule has 1 rings (SSSR count). The maximum Gasteiger partial charge on any atom is 0.242 e. The maximum absolute atomic E-state index is 12.2. The molecule has 0 radical (unpaired) electrons. The molecule has 3 nitrogen and oxygen atoms in total. The fourth-order valence-electron chi connectivity index (χ4n) is 1.29. The van der Waals surface area contributed by atoms with Crippen molar-refractivity contribution < 1.29 is 8.42 Å². The van der Waals surface area contributed by atoms with Crippen LogP contribution >= 0.6 is 31.9 Å². The van der Waals surface area contributed by atoms with Crippen molar-refractivity contribution in [3.63, 3.8) is 0 Å². The molecule has 1 N–H and O–H groups in total. The topological polar surface area (TPSA) is 46.2 Å². The van der Waals surface area contributed by atoms with E-state index in [1.54, 1.807) is 12.1 Å². The number of benzene rings is 1. The van der Waals surface area contributed by atoms with Gasteiger partial charge < -0.3 is 0 Å². The first-order valence-electron chi connectivity index (χ1n) is 5.21. The van der Waals surface area contributed by atoms with Gasteiger partial charge in [0.15, 0.2) is 0 Å². The van der Waals surface area contributed by atoms with Crippen molar-refractivity contribution >= 4 is 41.9 Å². The van der Waals surface area contributed by atoms with Crippen molar-refractivity contribution in [2.75, 3.05) is 0 Å². The van der Waals surface area contributed by atoms with E-state index in [0.29, 0.717) is 4.47 Å². The molecule has 0 saturated carbocycles. The number of hydrogen-bond donors (Lipinski definition) is 1. The number of hydrogen-bond acceptors (Lipinski definition) is 2. The van der Waals surface area contributed by atoms with E-state index in [-0.39, 0.29) is 10.8 Å².